The Hall–Kier alpha value is -0.570. The number of rotatable bonds is 3. The van der Waals surface area contributed by atoms with Crippen molar-refractivity contribution in [2.24, 2.45) is 5.92 Å². The van der Waals surface area contributed by atoms with Crippen LogP contribution in [0.1, 0.15) is 32.1 Å². The fourth-order valence-corrected chi connectivity index (χ4v) is 2.08. The van der Waals surface area contributed by atoms with Gasteiger partial charge in [-0.1, -0.05) is 0 Å². The van der Waals surface area contributed by atoms with Crippen molar-refractivity contribution >= 4 is 5.91 Å². The van der Waals surface area contributed by atoms with Gasteiger partial charge in [0.25, 0.3) is 0 Å². The predicted molar refractivity (Wildman–Crippen MR) is 56.0 cm³/mol. The van der Waals surface area contributed by atoms with Crippen LogP contribution in [-0.2, 0) is 4.79 Å². The molecule has 1 aliphatic heterocycles. The zero-order chi connectivity index (χ0) is 9.97. The summed E-state index contributed by atoms with van der Waals surface area (Å²) in [5.41, 5.74) is 0. The SMILES string of the molecule is CN(C(=O)CC1CC1)[C@H]1CCCNC1. The van der Waals surface area contributed by atoms with Crippen LogP contribution in [0, 0.1) is 5.92 Å². The Morgan fingerprint density at radius 3 is 2.79 bits per heavy atom. The molecule has 1 N–H and O–H groups in total. The van der Waals surface area contributed by atoms with E-state index in [1.807, 2.05) is 11.9 Å². The first-order valence-corrected chi connectivity index (χ1v) is 5.74. The number of piperidine rings is 1. The molecule has 0 aromatic carbocycles. The van der Waals surface area contributed by atoms with Crippen LogP contribution < -0.4 is 5.32 Å². The molecule has 80 valence electrons. The van der Waals surface area contributed by atoms with Gasteiger partial charge < -0.3 is 10.2 Å². The molecule has 1 atom stereocenters. The summed E-state index contributed by atoms with van der Waals surface area (Å²) in [7, 11) is 1.96. The predicted octanol–water partition coefficient (Wildman–Crippen LogP) is 0.997. The Morgan fingerprint density at radius 2 is 2.21 bits per heavy atom. The van der Waals surface area contributed by atoms with E-state index in [-0.39, 0.29) is 0 Å². The molecule has 0 spiro atoms. The van der Waals surface area contributed by atoms with Crippen LogP contribution in [0.4, 0.5) is 0 Å². The van der Waals surface area contributed by atoms with Crippen LogP contribution in [-0.4, -0.2) is 37.0 Å². The average molecular weight is 196 g/mol. The number of carbonyl (C=O) groups is 1. The second kappa shape index (κ2) is 4.30. The molecule has 3 nitrogen and oxygen atoms in total. The zero-order valence-electron chi connectivity index (χ0n) is 8.96. The Kier molecular flexibility index (Phi) is 3.06. The molecule has 0 aromatic rings. The van der Waals surface area contributed by atoms with Crippen molar-refractivity contribution in [1.29, 1.82) is 0 Å². The van der Waals surface area contributed by atoms with Crippen molar-refractivity contribution in [2.45, 2.75) is 38.1 Å². The monoisotopic (exact) mass is 196 g/mol. The minimum atomic E-state index is 0.348. The standard InChI is InChI=1S/C11H20N2O/c1-13(10-3-2-6-12-8-10)11(14)7-9-4-5-9/h9-10,12H,2-8H2,1H3/t10-/m0/s1. The maximum Gasteiger partial charge on any atom is 0.222 e. The number of likely N-dealkylation sites (N-methyl/N-ethyl adjacent to an activating group) is 1. The molecule has 0 unspecified atom stereocenters. The molecule has 0 bridgehead atoms. The molecule has 2 aliphatic rings. The largest absolute Gasteiger partial charge is 0.341 e. The van der Waals surface area contributed by atoms with Gasteiger partial charge in [-0.15, -0.1) is 0 Å². The van der Waals surface area contributed by atoms with E-state index < -0.39 is 0 Å². The number of carbonyl (C=O) groups excluding carboxylic acids is 1. The van der Waals surface area contributed by atoms with E-state index >= 15 is 0 Å². The number of hydrogen-bond acceptors (Lipinski definition) is 2. The highest BCUT2D eigenvalue weighted by Gasteiger charge is 2.28. The molecule has 0 radical (unpaired) electrons. The smallest absolute Gasteiger partial charge is 0.222 e. The summed E-state index contributed by atoms with van der Waals surface area (Å²) in [6.07, 6.45) is 5.68. The minimum Gasteiger partial charge on any atom is -0.341 e. The van der Waals surface area contributed by atoms with E-state index in [1.54, 1.807) is 0 Å². The van der Waals surface area contributed by atoms with Crippen LogP contribution in [0.3, 0.4) is 0 Å². The van der Waals surface area contributed by atoms with E-state index in [9.17, 15) is 4.79 Å². The molecule has 2 fully saturated rings. The molecule has 1 heterocycles. The van der Waals surface area contributed by atoms with E-state index in [1.165, 1.54) is 25.7 Å². The van der Waals surface area contributed by atoms with Crippen molar-refractivity contribution in [2.75, 3.05) is 20.1 Å². The van der Waals surface area contributed by atoms with Gasteiger partial charge in [0.15, 0.2) is 0 Å². The molecule has 2 rings (SSSR count). The van der Waals surface area contributed by atoms with Crippen LogP contribution in [0.2, 0.25) is 0 Å². The summed E-state index contributed by atoms with van der Waals surface area (Å²) in [5, 5.41) is 3.35. The molecule has 3 heteroatoms. The molecule has 0 aromatic heterocycles. The Labute approximate surface area is 85.8 Å². The maximum atomic E-state index is 11.8. The van der Waals surface area contributed by atoms with Crippen LogP contribution >= 0.6 is 0 Å². The van der Waals surface area contributed by atoms with Gasteiger partial charge in [-0.2, -0.15) is 0 Å². The topological polar surface area (TPSA) is 32.3 Å². The molecular weight excluding hydrogens is 176 g/mol. The normalized spacial score (nSPS) is 27.4. The van der Waals surface area contributed by atoms with Crippen molar-refractivity contribution in [3.8, 4) is 0 Å². The quantitative estimate of drug-likeness (QED) is 0.730. The fraction of sp³-hybridized carbons (Fsp3) is 0.909. The van der Waals surface area contributed by atoms with E-state index in [0.717, 1.165) is 19.5 Å². The lowest BCUT2D eigenvalue weighted by Gasteiger charge is -2.31. The fourth-order valence-electron chi connectivity index (χ4n) is 2.08. The zero-order valence-corrected chi connectivity index (χ0v) is 8.96. The third kappa shape index (κ3) is 2.47. The molecular formula is C11H20N2O. The number of hydrogen-bond donors (Lipinski definition) is 1. The average Bonchev–Trinajstić information content (AvgIpc) is 3.02. The van der Waals surface area contributed by atoms with Crippen molar-refractivity contribution in [1.82, 2.24) is 10.2 Å². The Morgan fingerprint density at radius 1 is 1.43 bits per heavy atom. The van der Waals surface area contributed by atoms with Crippen molar-refractivity contribution in [3.63, 3.8) is 0 Å². The van der Waals surface area contributed by atoms with E-state index in [0.29, 0.717) is 17.9 Å². The van der Waals surface area contributed by atoms with E-state index in [4.69, 9.17) is 0 Å². The van der Waals surface area contributed by atoms with Gasteiger partial charge in [0.2, 0.25) is 5.91 Å². The summed E-state index contributed by atoms with van der Waals surface area (Å²) in [5.74, 6) is 1.06. The van der Waals surface area contributed by atoms with Gasteiger partial charge in [-0.3, -0.25) is 4.79 Å². The number of amides is 1. The Bertz CT molecular complexity index is 207. The molecule has 1 aliphatic carbocycles. The van der Waals surface area contributed by atoms with Crippen LogP contribution in [0.5, 0.6) is 0 Å². The van der Waals surface area contributed by atoms with E-state index in [2.05, 4.69) is 5.32 Å². The van der Waals surface area contributed by atoms with Gasteiger partial charge in [0.1, 0.15) is 0 Å². The summed E-state index contributed by atoms with van der Waals surface area (Å²) in [6, 6.07) is 0.440. The summed E-state index contributed by atoms with van der Waals surface area (Å²) >= 11 is 0. The van der Waals surface area contributed by atoms with Crippen molar-refractivity contribution in [3.05, 3.63) is 0 Å². The van der Waals surface area contributed by atoms with Gasteiger partial charge >= 0.3 is 0 Å². The van der Waals surface area contributed by atoms with Gasteiger partial charge in [-0.25, -0.2) is 0 Å². The lowest BCUT2D eigenvalue weighted by molar-refractivity contribution is -0.132. The summed E-state index contributed by atoms with van der Waals surface area (Å²) in [4.78, 5) is 13.8. The third-order valence-corrected chi connectivity index (χ3v) is 3.37. The molecule has 1 saturated heterocycles. The van der Waals surface area contributed by atoms with Crippen LogP contribution in [0.25, 0.3) is 0 Å². The first-order chi connectivity index (χ1) is 6.77. The second-order valence-corrected chi connectivity index (χ2v) is 4.65. The third-order valence-electron chi connectivity index (χ3n) is 3.37. The molecule has 1 saturated carbocycles. The first kappa shape index (κ1) is 9.97. The lowest BCUT2D eigenvalue weighted by Crippen LogP contribution is -2.46. The number of nitrogens with one attached hydrogen (secondary N) is 1. The second-order valence-electron chi connectivity index (χ2n) is 4.65. The van der Waals surface area contributed by atoms with Crippen LogP contribution in [0.15, 0.2) is 0 Å². The van der Waals surface area contributed by atoms with Gasteiger partial charge in [-0.05, 0) is 38.1 Å². The maximum absolute atomic E-state index is 11.8. The summed E-state index contributed by atoms with van der Waals surface area (Å²) < 4.78 is 0. The lowest BCUT2D eigenvalue weighted by atomic mass is 10.1. The molecule has 14 heavy (non-hydrogen) atoms. The van der Waals surface area contributed by atoms with Gasteiger partial charge in [0.05, 0.1) is 0 Å². The minimum absolute atomic E-state index is 0.348. The molecule has 1 amide bonds. The Balaban J connectivity index is 1.78. The summed E-state index contributed by atoms with van der Waals surface area (Å²) in [6.45, 7) is 2.09. The highest BCUT2D eigenvalue weighted by Crippen LogP contribution is 2.33. The highest BCUT2D eigenvalue weighted by molar-refractivity contribution is 5.76. The first-order valence-electron chi connectivity index (χ1n) is 5.74. The number of nitrogens with zero attached hydrogens (tertiary/aromatic N) is 1. The van der Waals surface area contributed by atoms with Gasteiger partial charge in [0, 0.05) is 26.1 Å². The highest BCUT2D eigenvalue weighted by atomic mass is 16.2. The van der Waals surface area contributed by atoms with Crippen molar-refractivity contribution < 1.29 is 4.79 Å².